The van der Waals surface area contributed by atoms with Crippen LogP contribution in [0.2, 0.25) is 0 Å². The van der Waals surface area contributed by atoms with Crippen LogP contribution in [-0.2, 0) is 27.9 Å². The van der Waals surface area contributed by atoms with Gasteiger partial charge in [-0.05, 0) is 89.9 Å². The number of carbonyl (C=O) groups excluding carboxylic acids is 2. The Bertz CT molecular complexity index is 1130. The van der Waals surface area contributed by atoms with Crippen molar-refractivity contribution in [2.24, 2.45) is 0 Å². The van der Waals surface area contributed by atoms with Crippen molar-refractivity contribution in [3.63, 3.8) is 0 Å². The summed E-state index contributed by atoms with van der Waals surface area (Å²) in [4.78, 5) is 33.9. The zero-order valence-corrected chi connectivity index (χ0v) is 35.5. The third-order valence-corrected chi connectivity index (χ3v) is 9.59. The summed E-state index contributed by atoms with van der Waals surface area (Å²) in [5.74, 6) is -0.567. The van der Waals surface area contributed by atoms with Crippen LogP contribution >= 0.6 is 7.82 Å². The number of unbranched alkanes of at least 4 members (excludes halogenated alkanes) is 14. The smallest absolute Gasteiger partial charge is 0.463 e. The fourth-order valence-electron chi connectivity index (χ4n) is 5.33. The Balaban J connectivity index is 3.70. The summed E-state index contributed by atoms with van der Waals surface area (Å²) in [6.45, 7) is 3.42. The Morgan fingerprint density at radius 1 is 0.564 bits per heavy atom. The van der Waals surface area contributed by atoms with Crippen molar-refractivity contribution in [3.05, 3.63) is 72.9 Å². The molecular formula is C45H78NO8P. The first-order chi connectivity index (χ1) is 26.8. The average Bonchev–Trinajstić information content (AvgIpc) is 3.17. The molecule has 9 nitrogen and oxygen atoms in total. The van der Waals surface area contributed by atoms with Gasteiger partial charge in [-0.3, -0.25) is 18.6 Å². The van der Waals surface area contributed by atoms with E-state index in [2.05, 4.69) is 92.1 Å². The highest BCUT2D eigenvalue weighted by atomic mass is 31.2. The predicted octanol–water partition coefficient (Wildman–Crippen LogP) is 11.9. The van der Waals surface area contributed by atoms with Gasteiger partial charge < -0.3 is 20.1 Å². The van der Waals surface area contributed by atoms with Gasteiger partial charge in [-0.25, -0.2) is 4.57 Å². The van der Waals surface area contributed by atoms with E-state index >= 15 is 0 Å². The summed E-state index contributed by atoms with van der Waals surface area (Å²) in [5.41, 5.74) is 0. The summed E-state index contributed by atoms with van der Waals surface area (Å²) in [6.07, 6.45) is 49.7. The van der Waals surface area contributed by atoms with Crippen LogP contribution in [0.4, 0.5) is 0 Å². The van der Waals surface area contributed by atoms with E-state index in [1.807, 2.05) is 0 Å². The van der Waals surface area contributed by atoms with Crippen LogP contribution in [-0.4, -0.2) is 54.3 Å². The fourth-order valence-corrected chi connectivity index (χ4v) is 6.09. The van der Waals surface area contributed by atoms with Gasteiger partial charge in [0, 0.05) is 19.4 Å². The third-order valence-electron chi connectivity index (χ3n) is 8.61. The number of allylic oxidation sites excluding steroid dienone is 12. The number of esters is 1. The number of hydrogen-bond acceptors (Lipinski definition) is 7. The molecular weight excluding hydrogens is 713 g/mol. The summed E-state index contributed by atoms with van der Waals surface area (Å²) in [5, 5.41) is 12.7. The van der Waals surface area contributed by atoms with Gasteiger partial charge in [0.05, 0.1) is 13.2 Å². The zero-order chi connectivity index (χ0) is 40.3. The molecule has 2 atom stereocenters. The van der Waals surface area contributed by atoms with Gasteiger partial charge in [0.25, 0.3) is 0 Å². The molecule has 0 radical (unpaired) electrons. The molecule has 1 amide bonds. The van der Waals surface area contributed by atoms with E-state index in [0.29, 0.717) is 12.8 Å². The minimum atomic E-state index is -4.43. The maximum absolute atomic E-state index is 12.1. The van der Waals surface area contributed by atoms with E-state index in [-0.39, 0.29) is 32.1 Å². The van der Waals surface area contributed by atoms with Crippen molar-refractivity contribution in [2.45, 2.75) is 174 Å². The second-order valence-electron chi connectivity index (χ2n) is 14.0. The Morgan fingerprint density at radius 3 is 1.49 bits per heavy atom. The summed E-state index contributed by atoms with van der Waals surface area (Å²) in [7, 11) is -4.43. The van der Waals surface area contributed by atoms with E-state index in [1.54, 1.807) is 0 Å². The summed E-state index contributed by atoms with van der Waals surface area (Å²) < 4.78 is 26.8. The van der Waals surface area contributed by atoms with Crippen molar-refractivity contribution in [1.82, 2.24) is 5.32 Å². The Morgan fingerprint density at radius 2 is 0.982 bits per heavy atom. The van der Waals surface area contributed by atoms with E-state index in [4.69, 9.17) is 13.8 Å². The Labute approximate surface area is 335 Å². The van der Waals surface area contributed by atoms with E-state index in [9.17, 15) is 24.2 Å². The monoisotopic (exact) mass is 792 g/mol. The van der Waals surface area contributed by atoms with Gasteiger partial charge in [0.1, 0.15) is 12.7 Å². The van der Waals surface area contributed by atoms with Crippen LogP contribution in [0.1, 0.15) is 168 Å². The second kappa shape index (κ2) is 41.1. The lowest BCUT2D eigenvalue weighted by Crippen LogP contribution is -2.27. The molecule has 3 N–H and O–H groups in total. The molecule has 0 rings (SSSR count). The highest BCUT2D eigenvalue weighted by Gasteiger charge is 2.23. The molecule has 0 aliphatic heterocycles. The van der Waals surface area contributed by atoms with Crippen LogP contribution in [0.25, 0.3) is 0 Å². The lowest BCUT2D eigenvalue weighted by atomic mass is 10.1. The van der Waals surface area contributed by atoms with E-state index < -0.39 is 26.5 Å². The highest BCUT2D eigenvalue weighted by Crippen LogP contribution is 2.42. The second-order valence-corrected chi connectivity index (χ2v) is 15.4. The van der Waals surface area contributed by atoms with Gasteiger partial charge in [-0.15, -0.1) is 0 Å². The molecule has 0 spiro atoms. The standard InChI is InChI=1S/C45H78NO8P/c1-3-5-7-9-11-13-15-17-19-20-21-22-24-25-27-29-31-33-35-37-44(48)46-39-40-53-55(50,51)54-42-43(47)41-52-45(49)38-36-34-32-30-28-26-23-18-16-14-12-10-8-6-4-2/h11-14,17-19,21-23,25,27,43,47H,3-10,15-16,20,24,26,28-42H2,1-2H3,(H,46,48)(H,50,51)/b13-11-,14-12-,19-17-,22-21-,23-18-,27-25-. The first-order valence-corrected chi connectivity index (χ1v) is 22.9. The van der Waals surface area contributed by atoms with Crippen LogP contribution in [0.3, 0.4) is 0 Å². The first kappa shape index (κ1) is 52.5. The number of hydrogen-bond donors (Lipinski definition) is 3. The molecule has 0 saturated carbocycles. The fraction of sp³-hybridized carbons (Fsp3) is 0.689. The number of aliphatic hydroxyl groups excluding tert-OH is 1. The quantitative estimate of drug-likeness (QED) is 0.0243. The molecule has 2 unspecified atom stereocenters. The SMILES string of the molecule is CCCCC/C=C\C/C=C\C/C=C\C/C=C\CCCCCC(=O)NCCOP(=O)(O)OCC(O)COC(=O)CCCCCCC/C=C\C/C=C\CCCCC. The van der Waals surface area contributed by atoms with E-state index in [0.717, 1.165) is 83.5 Å². The minimum Gasteiger partial charge on any atom is -0.463 e. The van der Waals surface area contributed by atoms with Crippen molar-refractivity contribution in [2.75, 3.05) is 26.4 Å². The molecule has 0 aromatic rings. The number of carbonyl (C=O) groups is 2. The first-order valence-electron chi connectivity index (χ1n) is 21.4. The number of nitrogens with one attached hydrogen (secondary N) is 1. The number of ether oxygens (including phenoxy) is 1. The van der Waals surface area contributed by atoms with Crippen molar-refractivity contribution < 1.29 is 37.9 Å². The Hall–Kier alpha value is -2.55. The van der Waals surface area contributed by atoms with Crippen LogP contribution in [0.5, 0.6) is 0 Å². The molecule has 0 bridgehead atoms. The third kappa shape index (κ3) is 42.4. The molecule has 0 aliphatic carbocycles. The minimum absolute atomic E-state index is 0.0588. The number of amides is 1. The van der Waals surface area contributed by atoms with Gasteiger partial charge in [-0.1, -0.05) is 138 Å². The number of aliphatic hydroxyl groups is 1. The van der Waals surface area contributed by atoms with E-state index in [1.165, 1.54) is 51.4 Å². The maximum atomic E-state index is 12.1. The lowest BCUT2D eigenvalue weighted by Gasteiger charge is -2.15. The van der Waals surface area contributed by atoms with Crippen molar-refractivity contribution >= 4 is 19.7 Å². The van der Waals surface area contributed by atoms with Gasteiger partial charge in [-0.2, -0.15) is 0 Å². The lowest BCUT2D eigenvalue weighted by molar-refractivity contribution is -0.147. The van der Waals surface area contributed by atoms with Gasteiger partial charge in [0.15, 0.2) is 0 Å². The summed E-state index contributed by atoms with van der Waals surface area (Å²) >= 11 is 0. The average molecular weight is 792 g/mol. The van der Waals surface area contributed by atoms with Crippen LogP contribution in [0, 0.1) is 0 Å². The van der Waals surface area contributed by atoms with Crippen molar-refractivity contribution in [1.29, 1.82) is 0 Å². The molecule has 0 saturated heterocycles. The predicted molar refractivity (Wildman–Crippen MR) is 229 cm³/mol. The zero-order valence-electron chi connectivity index (χ0n) is 34.6. The summed E-state index contributed by atoms with van der Waals surface area (Å²) in [6, 6.07) is 0. The van der Waals surface area contributed by atoms with Gasteiger partial charge in [0.2, 0.25) is 5.91 Å². The number of phosphoric ester groups is 1. The van der Waals surface area contributed by atoms with Crippen LogP contribution < -0.4 is 5.32 Å². The van der Waals surface area contributed by atoms with Crippen LogP contribution in [0.15, 0.2) is 72.9 Å². The molecule has 316 valence electrons. The highest BCUT2D eigenvalue weighted by molar-refractivity contribution is 7.47. The molecule has 0 fully saturated rings. The Kier molecular flexibility index (Phi) is 39.2. The number of rotatable bonds is 39. The largest absolute Gasteiger partial charge is 0.472 e. The molecule has 0 heterocycles. The van der Waals surface area contributed by atoms with Crippen molar-refractivity contribution in [3.8, 4) is 0 Å². The molecule has 0 aromatic carbocycles. The normalized spacial score (nSPS) is 14.0. The topological polar surface area (TPSA) is 131 Å². The molecule has 55 heavy (non-hydrogen) atoms. The molecule has 0 aliphatic rings. The molecule has 10 heteroatoms. The molecule has 0 aromatic heterocycles. The van der Waals surface area contributed by atoms with Gasteiger partial charge >= 0.3 is 13.8 Å². The maximum Gasteiger partial charge on any atom is 0.472 e. The number of phosphoric acid groups is 1.